The predicted molar refractivity (Wildman–Crippen MR) is 80.5 cm³/mol. The molecule has 0 aromatic heterocycles. The lowest BCUT2D eigenvalue weighted by molar-refractivity contribution is 0.148. The van der Waals surface area contributed by atoms with Gasteiger partial charge in [0.15, 0.2) is 0 Å². The fraction of sp³-hybridized carbons (Fsp3) is 0.250. The Kier molecular flexibility index (Phi) is 3.37. The molecule has 1 atom stereocenters. The lowest BCUT2D eigenvalue weighted by Gasteiger charge is -2.12. The Balaban J connectivity index is 1.68. The average Bonchev–Trinajstić information content (AvgIpc) is 2.89. The number of rotatable bonds is 4. The monoisotopic (exact) mass is 270 g/mol. The van der Waals surface area contributed by atoms with Crippen LogP contribution >= 0.6 is 0 Å². The minimum atomic E-state index is 0.0270. The van der Waals surface area contributed by atoms with Crippen LogP contribution in [0, 0.1) is 0 Å². The summed E-state index contributed by atoms with van der Waals surface area (Å²) in [5.74, 6) is 1.76. The van der Waals surface area contributed by atoms with Crippen LogP contribution in [0.5, 0.6) is 11.5 Å². The largest absolute Gasteiger partial charge is 0.490 e. The first kappa shape index (κ1) is 12.7. The standard InChI is InChI=1S/C16H18N2O2/c1-18-16-13-9-12(20-15(13)8-7-14(16)17)10-19-11-5-3-2-4-6-11/h2-8,12,18H,9-10,17H2,1H3. The molecule has 1 aliphatic rings. The number of nitrogens with two attached hydrogens (primary N) is 1. The van der Waals surface area contributed by atoms with Crippen LogP contribution in [-0.4, -0.2) is 19.8 Å². The molecule has 0 bridgehead atoms. The lowest BCUT2D eigenvalue weighted by Crippen LogP contribution is -2.22. The Morgan fingerprint density at radius 1 is 1.25 bits per heavy atom. The molecule has 104 valence electrons. The van der Waals surface area contributed by atoms with Gasteiger partial charge in [-0.3, -0.25) is 0 Å². The second-order valence-electron chi connectivity index (χ2n) is 4.82. The van der Waals surface area contributed by atoms with Gasteiger partial charge in [-0.2, -0.15) is 0 Å². The molecule has 3 N–H and O–H groups in total. The highest BCUT2D eigenvalue weighted by atomic mass is 16.5. The maximum Gasteiger partial charge on any atom is 0.137 e. The molecule has 0 aliphatic carbocycles. The molecule has 4 nitrogen and oxygen atoms in total. The van der Waals surface area contributed by atoms with Gasteiger partial charge in [0.25, 0.3) is 0 Å². The highest BCUT2D eigenvalue weighted by Gasteiger charge is 2.26. The Hall–Kier alpha value is -2.36. The molecule has 0 saturated heterocycles. The SMILES string of the molecule is CNc1c(N)ccc2c1CC(COc1ccccc1)O2. The summed E-state index contributed by atoms with van der Waals surface area (Å²) in [6.07, 6.45) is 0.836. The van der Waals surface area contributed by atoms with Crippen LogP contribution in [0.3, 0.4) is 0 Å². The first-order chi connectivity index (χ1) is 9.78. The molecule has 0 radical (unpaired) electrons. The zero-order chi connectivity index (χ0) is 13.9. The number of anilines is 2. The second kappa shape index (κ2) is 5.33. The number of para-hydroxylation sites is 1. The Morgan fingerprint density at radius 3 is 2.80 bits per heavy atom. The number of hydrogen-bond acceptors (Lipinski definition) is 4. The van der Waals surface area contributed by atoms with Crippen molar-refractivity contribution in [2.45, 2.75) is 12.5 Å². The van der Waals surface area contributed by atoms with Crippen molar-refractivity contribution in [1.82, 2.24) is 0 Å². The van der Waals surface area contributed by atoms with Gasteiger partial charge >= 0.3 is 0 Å². The highest BCUT2D eigenvalue weighted by Crippen LogP contribution is 2.38. The van der Waals surface area contributed by atoms with Gasteiger partial charge in [0, 0.05) is 19.0 Å². The van der Waals surface area contributed by atoms with Crippen molar-refractivity contribution in [1.29, 1.82) is 0 Å². The van der Waals surface area contributed by atoms with Crippen molar-refractivity contribution in [2.24, 2.45) is 0 Å². The molecule has 20 heavy (non-hydrogen) atoms. The quantitative estimate of drug-likeness (QED) is 0.839. The van der Waals surface area contributed by atoms with Crippen LogP contribution in [0.2, 0.25) is 0 Å². The summed E-state index contributed by atoms with van der Waals surface area (Å²) in [5.41, 5.74) is 8.81. The normalized spacial score (nSPS) is 16.4. The van der Waals surface area contributed by atoms with E-state index in [1.807, 2.05) is 49.5 Å². The summed E-state index contributed by atoms with van der Waals surface area (Å²) in [4.78, 5) is 0. The third-order valence-corrected chi connectivity index (χ3v) is 3.46. The van der Waals surface area contributed by atoms with Gasteiger partial charge in [-0.25, -0.2) is 0 Å². The van der Waals surface area contributed by atoms with E-state index in [1.165, 1.54) is 0 Å². The van der Waals surface area contributed by atoms with E-state index in [0.29, 0.717) is 6.61 Å². The smallest absolute Gasteiger partial charge is 0.137 e. The van der Waals surface area contributed by atoms with Crippen LogP contribution in [-0.2, 0) is 6.42 Å². The van der Waals surface area contributed by atoms with Crippen molar-refractivity contribution < 1.29 is 9.47 Å². The Labute approximate surface area is 118 Å². The number of benzene rings is 2. The van der Waals surface area contributed by atoms with Gasteiger partial charge < -0.3 is 20.5 Å². The third-order valence-electron chi connectivity index (χ3n) is 3.46. The minimum absolute atomic E-state index is 0.0270. The van der Waals surface area contributed by atoms with Crippen molar-refractivity contribution in [3.63, 3.8) is 0 Å². The van der Waals surface area contributed by atoms with Crippen molar-refractivity contribution in [3.8, 4) is 11.5 Å². The molecule has 2 aromatic carbocycles. The van der Waals surface area contributed by atoms with E-state index in [4.69, 9.17) is 15.2 Å². The molecule has 0 fully saturated rings. The number of nitrogen functional groups attached to an aromatic ring is 1. The number of fused-ring (bicyclic) bond motifs is 1. The first-order valence-electron chi connectivity index (χ1n) is 6.71. The maximum absolute atomic E-state index is 5.97. The van der Waals surface area contributed by atoms with E-state index in [1.54, 1.807) is 0 Å². The summed E-state index contributed by atoms with van der Waals surface area (Å²) >= 11 is 0. The molecule has 4 heteroatoms. The zero-order valence-electron chi connectivity index (χ0n) is 11.4. The van der Waals surface area contributed by atoms with Gasteiger partial charge in [-0.15, -0.1) is 0 Å². The lowest BCUT2D eigenvalue weighted by atomic mass is 10.1. The van der Waals surface area contributed by atoms with Crippen LogP contribution in [0.15, 0.2) is 42.5 Å². The van der Waals surface area contributed by atoms with E-state index in [0.717, 1.165) is 34.9 Å². The zero-order valence-corrected chi connectivity index (χ0v) is 11.4. The summed E-state index contributed by atoms with van der Waals surface area (Å²) in [7, 11) is 1.87. The minimum Gasteiger partial charge on any atom is -0.490 e. The number of hydrogen-bond donors (Lipinski definition) is 2. The number of nitrogens with one attached hydrogen (secondary N) is 1. The van der Waals surface area contributed by atoms with Crippen molar-refractivity contribution >= 4 is 11.4 Å². The Bertz CT molecular complexity index is 599. The highest BCUT2D eigenvalue weighted by molar-refractivity contribution is 5.74. The van der Waals surface area contributed by atoms with E-state index in [-0.39, 0.29) is 6.10 Å². The van der Waals surface area contributed by atoms with Crippen molar-refractivity contribution in [2.75, 3.05) is 24.7 Å². The summed E-state index contributed by atoms with van der Waals surface area (Å²) < 4.78 is 11.7. The molecule has 1 unspecified atom stereocenters. The van der Waals surface area contributed by atoms with E-state index < -0.39 is 0 Å². The molecule has 0 spiro atoms. The van der Waals surface area contributed by atoms with Crippen LogP contribution in [0.4, 0.5) is 11.4 Å². The van der Waals surface area contributed by atoms with Gasteiger partial charge in [0.1, 0.15) is 24.2 Å². The van der Waals surface area contributed by atoms with Crippen LogP contribution in [0.25, 0.3) is 0 Å². The van der Waals surface area contributed by atoms with E-state index >= 15 is 0 Å². The number of ether oxygens (including phenoxy) is 2. The second-order valence-corrected chi connectivity index (χ2v) is 4.82. The predicted octanol–water partition coefficient (Wildman–Crippen LogP) is 2.69. The molecule has 0 amide bonds. The molecule has 2 aromatic rings. The Morgan fingerprint density at radius 2 is 2.05 bits per heavy atom. The molecule has 0 saturated carbocycles. The van der Waals surface area contributed by atoms with Gasteiger partial charge in [-0.05, 0) is 24.3 Å². The summed E-state index contributed by atoms with van der Waals surface area (Å²) in [5, 5.41) is 3.14. The topological polar surface area (TPSA) is 56.5 Å². The summed E-state index contributed by atoms with van der Waals surface area (Å²) in [6, 6.07) is 13.6. The van der Waals surface area contributed by atoms with E-state index in [2.05, 4.69) is 5.32 Å². The fourth-order valence-corrected chi connectivity index (χ4v) is 2.50. The van der Waals surface area contributed by atoms with Crippen LogP contribution < -0.4 is 20.5 Å². The average molecular weight is 270 g/mol. The maximum atomic E-state index is 5.97. The van der Waals surface area contributed by atoms with Gasteiger partial charge in [-0.1, -0.05) is 18.2 Å². The van der Waals surface area contributed by atoms with Crippen LogP contribution in [0.1, 0.15) is 5.56 Å². The van der Waals surface area contributed by atoms with E-state index in [9.17, 15) is 0 Å². The molecule has 1 aliphatic heterocycles. The summed E-state index contributed by atoms with van der Waals surface area (Å²) in [6.45, 7) is 0.530. The van der Waals surface area contributed by atoms with Crippen molar-refractivity contribution in [3.05, 3.63) is 48.0 Å². The molecular weight excluding hydrogens is 252 g/mol. The third kappa shape index (κ3) is 2.37. The molecule has 3 rings (SSSR count). The van der Waals surface area contributed by atoms with Gasteiger partial charge in [0.05, 0.1) is 11.4 Å². The molecular formula is C16H18N2O2. The first-order valence-corrected chi connectivity index (χ1v) is 6.71. The fourth-order valence-electron chi connectivity index (χ4n) is 2.50. The van der Waals surface area contributed by atoms with Gasteiger partial charge in [0.2, 0.25) is 0 Å². The molecule has 1 heterocycles.